The third-order valence-corrected chi connectivity index (χ3v) is 3.87. The summed E-state index contributed by atoms with van der Waals surface area (Å²) in [6.07, 6.45) is 5.62. The number of halogens is 2. The standard InChI is InChI=1S/C12H17BrFN3O/c13-10-7-16-17(8-9-3-1-4-9)12(18)11(10)15-6-2-5-14/h7,9,15H,1-6,8H2. The van der Waals surface area contributed by atoms with E-state index < -0.39 is 0 Å². The molecule has 1 fully saturated rings. The molecular formula is C12H17BrFN3O. The van der Waals surface area contributed by atoms with Gasteiger partial charge in [-0.2, -0.15) is 5.10 Å². The molecule has 6 heteroatoms. The number of rotatable bonds is 6. The molecule has 0 aromatic carbocycles. The first-order valence-corrected chi connectivity index (χ1v) is 7.07. The highest BCUT2D eigenvalue weighted by Gasteiger charge is 2.20. The molecule has 1 N–H and O–H groups in total. The molecular weight excluding hydrogens is 301 g/mol. The minimum atomic E-state index is -0.383. The van der Waals surface area contributed by atoms with E-state index in [1.807, 2.05) is 0 Å². The van der Waals surface area contributed by atoms with E-state index in [0.29, 0.717) is 35.6 Å². The van der Waals surface area contributed by atoms with Crippen molar-refractivity contribution in [2.24, 2.45) is 5.92 Å². The molecule has 1 aliphatic carbocycles. The lowest BCUT2D eigenvalue weighted by atomic mass is 9.85. The van der Waals surface area contributed by atoms with Gasteiger partial charge in [0.2, 0.25) is 0 Å². The van der Waals surface area contributed by atoms with Gasteiger partial charge in [0.05, 0.1) is 17.3 Å². The van der Waals surface area contributed by atoms with E-state index in [2.05, 4.69) is 26.3 Å². The minimum absolute atomic E-state index is 0.130. The monoisotopic (exact) mass is 317 g/mol. The first-order valence-electron chi connectivity index (χ1n) is 6.28. The highest BCUT2D eigenvalue weighted by atomic mass is 79.9. The van der Waals surface area contributed by atoms with Gasteiger partial charge in [-0.1, -0.05) is 6.42 Å². The van der Waals surface area contributed by atoms with Gasteiger partial charge in [0.1, 0.15) is 5.69 Å². The maximum Gasteiger partial charge on any atom is 0.291 e. The maximum absolute atomic E-state index is 12.2. The van der Waals surface area contributed by atoms with Crippen molar-refractivity contribution in [2.75, 3.05) is 18.5 Å². The summed E-state index contributed by atoms with van der Waals surface area (Å²) in [6.45, 7) is 0.758. The van der Waals surface area contributed by atoms with E-state index in [1.54, 1.807) is 6.20 Å². The van der Waals surface area contributed by atoms with Gasteiger partial charge >= 0.3 is 0 Å². The Morgan fingerprint density at radius 2 is 2.33 bits per heavy atom. The summed E-state index contributed by atoms with van der Waals surface area (Å²) in [4.78, 5) is 12.2. The van der Waals surface area contributed by atoms with Gasteiger partial charge in [-0.3, -0.25) is 9.18 Å². The predicted octanol–water partition coefficient (Wildman–Crippen LogP) is 2.58. The molecule has 1 aromatic heterocycles. The molecule has 100 valence electrons. The van der Waals surface area contributed by atoms with Crippen LogP contribution < -0.4 is 10.9 Å². The fourth-order valence-electron chi connectivity index (χ4n) is 1.96. The smallest absolute Gasteiger partial charge is 0.291 e. The van der Waals surface area contributed by atoms with E-state index in [9.17, 15) is 9.18 Å². The number of nitrogens with one attached hydrogen (secondary N) is 1. The minimum Gasteiger partial charge on any atom is -0.379 e. The highest BCUT2D eigenvalue weighted by Crippen LogP contribution is 2.27. The summed E-state index contributed by atoms with van der Waals surface area (Å²) >= 11 is 3.30. The quantitative estimate of drug-likeness (QED) is 0.820. The zero-order chi connectivity index (χ0) is 13.0. The van der Waals surface area contributed by atoms with Crippen molar-refractivity contribution in [3.05, 3.63) is 21.0 Å². The number of anilines is 1. The Labute approximate surface area is 114 Å². The molecule has 18 heavy (non-hydrogen) atoms. The van der Waals surface area contributed by atoms with Crippen molar-refractivity contribution >= 4 is 21.6 Å². The van der Waals surface area contributed by atoms with Crippen LogP contribution in [0, 0.1) is 5.92 Å². The van der Waals surface area contributed by atoms with Gasteiger partial charge in [-0.15, -0.1) is 0 Å². The summed E-state index contributed by atoms with van der Waals surface area (Å²) in [6, 6.07) is 0. The van der Waals surface area contributed by atoms with Crippen molar-refractivity contribution in [3.8, 4) is 0 Å². The first kappa shape index (κ1) is 13.5. The fourth-order valence-corrected chi connectivity index (χ4v) is 2.36. The molecule has 2 rings (SSSR count). The molecule has 1 aromatic rings. The second-order valence-corrected chi connectivity index (χ2v) is 5.48. The average molecular weight is 318 g/mol. The second kappa shape index (κ2) is 6.31. The molecule has 0 unspecified atom stereocenters. The van der Waals surface area contributed by atoms with Gasteiger partial charge in [-0.25, -0.2) is 4.68 Å². The van der Waals surface area contributed by atoms with Crippen molar-refractivity contribution in [1.82, 2.24) is 9.78 Å². The lowest BCUT2D eigenvalue weighted by Crippen LogP contribution is -2.31. The lowest BCUT2D eigenvalue weighted by molar-refractivity contribution is 0.262. The molecule has 1 saturated carbocycles. The van der Waals surface area contributed by atoms with Crippen LogP contribution in [0.5, 0.6) is 0 Å². The van der Waals surface area contributed by atoms with Crippen LogP contribution in [0.3, 0.4) is 0 Å². The molecule has 0 spiro atoms. The van der Waals surface area contributed by atoms with E-state index in [0.717, 1.165) is 0 Å². The summed E-state index contributed by atoms with van der Waals surface area (Å²) in [7, 11) is 0. The maximum atomic E-state index is 12.2. The Balaban J connectivity index is 2.11. The average Bonchev–Trinajstić information content (AvgIpc) is 2.30. The predicted molar refractivity (Wildman–Crippen MR) is 72.6 cm³/mol. The summed E-state index contributed by atoms with van der Waals surface area (Å²) in [5.74, 6) is 0.579. The molecule has 1 aliphatic rings. The Morgan fingerprint density at radius 3 is 2.94 bits per heavy atom. The molecule has 0 atom stereocenters. The largest absolute Gasteiger partial charge is 0.379 e. The molecule has 0 radical (unpaired) electrons. The van der Waals surface area contributed by atoms with E-state index >= 15 is 0 Å². The van der Waals surface area contributed by atoms with Crippen molar-refractivity contribution in [1.29, 1.82) is 0 Å². The van der Waals surface area contributed by atoms with Crippen molar-refractivity contribution in [3.63, 3.8) is 0 Å². The van der Waals surface area contributed by atoms with Crippen LogP contribution in [0.2, 0.25) is 0 Å². The first-order chi connectivity index (χ1) is 8.72. The van der Waals surface area contributed by atoms with Crippen LogP contribution in [0.1, 0.15) is 25.7 Å². The van der Waals surface area contributed by atoms with Gasteiger partial charge in [0, 0.05) is 13.1 Å². The van der Waals surface area contributed by atoms with Crippen LogP contribution in [-0.2, 0) is 6.54 Å². The Hall–Kier alpha value is -0.910. The summed E-state index contributed by atoms with van der Waals surface area (Å²) < 4.78 is 14.2. The molecule has 1 heterocycles. The van der Waals surface area contributed by atoms with Crippen LogP contribution in [0.15, 0.2) is 15.5 Å². The van der Waals surface area contributed by atoms with Crippen molar-refractivity contribution < 1.29 is 4.39 Å². The highest BCUT2D eigenvalue weighted by molar-refractivity contribution is 9.10. The van der Waals surface area contributed by atoms with Crippen molar-refractivity contribution in [2.45, 2.75) is 32.2 Å². The molecule has 0 saturated heterocycles. The molecule has 0 amide bonds. The van der Waals surface area contributed by atoms with Crippen LogP contribution in [-0.4, -0.2) is 23.0 Å². The van der Waals surface area contributed by atoms with E-state index in [-0.39, 0.29) is 12.2 Å². The normalized spacial score (nSPS) is 15.4. The molecule has 0 aliphatic heterocycles. The topological polar surface area (TPSA) is 46.9 Å². The third-order valence-electron chi connectivity index (χ3n) is 3.27. The Kier molecular flexibility index (Phi) is 4.74. The zero-order valence-electron chi connectivity index (χ0n) is 10.2. The Bertz CT molecular complexity index is 459. The SMILES string of the molecule is O=c1c(NCCCF)c(Br)cnn1CC1CCC1. The van der Waals surface area contributed by atoms with Gasteiger partial charge in [0.15, 0.2) is 0 Å². The zero-order valence-corrected chi connectivity index (χ0v) is 11.7. The van der Waals surface area contributed by atoms with Crippen LogP contribution in [0.4, 0.5) is 10.1 Å². The lowest BCUT2D eigenvalue weighted by Gasteiger charge is -2.25. The number of alkyl halides is 1. The Morgan fingerprint density at radius 1 is 1.56 bits per heavy atom. The number of nitrogens with zero attached hydrogens (tertiary/aromatic N) is 2. The van der Waals surface area contributed by atoms with Crippen LogP contribution in [0.25, 0.3) is 0 Å². The van der Waals surface area contributed by atoms with Crippen LogP contribution >= 0.6 is 15.9 Å². The molecule has 0 bridgehead atoms. The number of aromatic nitrogens is 2. The number of hydrogen-bond donors (Lipinski definition) is 1. The summed E-state index contributed by atoms with van der Waals surface area (Å²) in [5, 5.41) is 7.10. The second-order valence-electron chi connectivity index (χ2n) is 4.62. The third kappa shape index (κ3) is 3.10. The number of hydrogen-bond acceptors (Lipinski definition) is 3. The van der Waals surface area contributed by atoms with E-state index in [4.69, 9.17) is 0 Å². The van der Waals surface area contributed by atoms with E-state index in [1.165, 1.54) is 23.9 Å². The van der Waals surface area contributed by atoms with Gasteiger partial charge in [-0.05, 0) is 41.1 Å². The van der Waals surface area contributed by atoms with Gasteiger partial charge < -0.3 is 5.32 Å². The molecule has 4 nitrogen and oxygen atoms in total. The van der Waals surface area contributed by atoms with Gasteiger partial charge in [0.25, 0.3) is 5.56 Å². The fraction of sp³-hybridized carbons (Fsp3) is 0.667. The summed E-state index contributed by atoms with van der Waals surface area (Å²) in [5.41, 5.74) is 0.355.